The molecule has 12 heteroatoms. The van der Waals surface area contributed by atoms with Crippen molar-refractivity contribution in [2.75, 3.05) is 51.9 Å². The summed E-state index contributed by atoms with van der Waals surface area (Å²) in [6, 6.07) is 13.1. The molecule has 0 aliphatic carbocycles. The van der Waals surface area contributed by atoms with E-state index in [0.717, 1.165) is 21.3 Å². The zero-order valence-corrected chi connectivity index (χ0v) is 25.9. The third-order valence-electron chi connectivity index (χ3n) is 7.51. The van der Waals surface area contributed by atoms with Gasteiger partial charge in [0.1, 0.15) is 10.8 Å². The Morgan fingerprint density at radius 3 is 2.70 bits per heavy atom. The molecule has 2 aliphatic heterocycles. The largest absolute Gasteiger partial charge is 0.493 e. The highest BCUT2D eigenvalue weighted by molar-refractivity contribution is 7.15. The third-order valence-corrected chi connectivity index (χ3v) is 8.79. The molecule has 2 amide bonds. The zero-order valence-electron chi connectivity index (χ0n) is 25.1. The summed E-state index contributed by atoms with van der Waals surface area (Å²) in [6.07, 6.45) is 0.410. The Bertz CT molecular complexity index is 1410. The Balaban J connectivity index is 1.43. The van der Waals surface area contributed by atoms with E-state index >= 15 is 0 Å². The molecule has 3 aromatic rings. The number of fused-ring (bicyclic) bond motifs is 5. The van der Waals surface area contributed by atoms with Crippen molar-refractivity contribution in [3.63, 3.8) is 0 Å². The van der Waals surface area contributed by atoms with Crippen LogP contribution in [0.4, 0.5) is 5.13 Å². The molecule has 0 spiro atoms. The Kier molecular flexibility index (Phi) is 10.1. The Labute approximate surface area is 256 Å². The van der Waals surface area contributed by atoms with Crippen molar-refractivity contribution < 1.29 is 28.5 Å². The SMILES string of the molecule is COCCN1CC(=O)N[C@H]2CN(c3nnc(C(C)C)s3)C[C@@H]2OCc2cccc(c2)Oc2cc(ccc2OC)CCC1=O. The molecular formula is C31H39N5O6S. The molecule has 3 heterocycles. The second-order valence-corrected chi connectivity index (χ2v) is 12.0. The number of anilines is 1. The summed E-state index contributed by atoms with van der Waals surface area (Å²) in [5, 5.41) is 13.7. The van der Waals surface area contributed by atoms with Crippen molar-refractivity contribution in [2.45, 2.75) is 51.4 Å². The van der Waals surface area contributed by atoms with E-state index in [9.17, 15) is 9.59 Å². The number of hydrogen-bond acceptors (Lipinski definition) is 10. The van der Waals surface area contributed by atoms with Gasteiger partial charge in [0.25, 0.3) is 0 Å². The molecule has 4 bridgehead atoms. The highest BCUT2D eigenvalue weighted by Crippen LogP contribution is 2.34. The molecule has 230 valence electrons. The molecule has 1 fully saturated rings. The predicted octanol–water partition coefficient (Wildman–Crippen LogP) is 3.77. The number of carbonyl (C=O) groups is 2. The average molecular weight is 610 g/mol. The van der Waals surface area contributed by atoms with Gasteiger partial charge in [-0.3, -0.25) is 9.59 Å². The van der Waals surface area contributed by atoms with E-state index < -0.39 is 0 Å². The smallest absolute Gasteiger partial charge is 0.239 e. The lowest BCUT2D eigenvalue weighted by Crippen LogP contribution is -2.49. The molecule has 1 saturated heterocycles. The minimum atomic E-state index is -0.307. The number of nitrogens with zero attached hydrogens (tertiary/aromatic N) is 4. The predicted molar refractivity (Wildman–Crippen MR) is 163 cm³/mol. The molecule has 43 heavy (non-hydrogen) atoms. The van der Waals surface area contributed by atoms with Gasteiger partial charge < -0.3 is 34.1 Å². The molecular weight excluding hydrogens is 570 g/mol. The summed E-state index contributed by atoms with van der Waals surface area (Å²) in [7, 11) is 3.17. The molecule has 0 saturated carbocycles. The number of ether oxygens (including phenoxy) is 4. The van der Waals surface area contributed by atoms with Crippen LogP contribution in [-0.2, 0) is 32.1 Å². The Morgan fingerprint density at radius 1 is 1.07 bits per heavy atom. The van der Waals surface area contributed by atoms with Gasteiger partial charge in [0.2, 0.25) is 16.9 Å². The summed E-state index contributed by atoms with van der Waals surface area (Å²) < 4.78 is 23.4. The third kappa shape index (κ3) is 7.81. The van der Waals surface area contributed by atoms with Gasteiger partial charge in [-0.25, -0.2) is 0 Å². The molecule has 1 aromatic heterocycles. The van der Waals surface area contributed by atoms with Crippen LogP contribution in [0.2, 0.25) is 0 Å². The lowest BCUT2D eigenvalue weighted by Gasteiger charge is -2.25. The van der Waals surface area contributed by atoms with Crippen molar-refractivity contribution in [2.24, 2.45) is 0 Å². The van der Waals surface area contributed by atoms with Gasteiger partial charge in [-0.15, -0.1) is 10.2 Å². The van der Waals surface area contributed by atoms with Crippen LogP contribution in [0, 0.1) is 0 Å². The summed E-state index contributed by atoms with van der Waals surface area (Å²) in [6.45, 7) is 6.14. The highest BCUT2D eigenvalue weighted by Gasteiger charge is 2.37. The topological polar surface area (TPSA) is 115 Å². The number of aromatic nitrogens is 2. The van der Waals surface area contributed by atoms with Crippen molar-refractivity contribution in [3.05, 3.63) is 58.6 Å². The molecule has 2 atom stereocenters. The maximum atomic E-state index is 13.4. The first-order chi connectivity index (χ1) is 20.8. The minimum absolute atomic E-state index is 0.0687. The van der Waals surface area contributed by atoms with Gasteiger partial charge in [-0.1, -0.05) is 43.4 Å². The van der Waals surface area contributed by atoms with E-state index in [0.29, 0.717) is 56.5 Å². The maximum Gasteiger partial charge on any atom is 0.239 e. The first kappa shape index (κ1) is 30.7. The normalized spacial score (nSPS) is 19.8. The van der Waals surface area contributed by atoms with Crippen LogP contribution in [0.3, 0.4) is 0 Å². The van der Waals surface area contributed by atoms with Crippen LogP contribution in [-0.4, -0.2) is 86.1 Å². The standard InChI is InChI=1S/C31H39N5O6S/c1-20(2)30-33-34-31(43-30)36-16-24-27(17-36)41-19-22-6-5-7-23(14-22)42-26-15-21(8-10-25(26)40-4)9-11-29(38)35(12-13-39-3)18-28(37)32-24/h5-8,10,14-15,20,24,27H,9,11-13,16-19H2,1-4H3,(H,32,37)/t24-,27-/m0/s1. The minimum Gasteiger partial charge on any atom is -0.493 e. The van der Waals surface area contributed by atoms with Crippen molar-refractivity contribution in [1.29, 1.82) is 0 Å². The number of benzene rings is 2. The summed E-state index contributed by atoms with van der Waals surface area (Å²) in [5.74, 6) is 1.71. The average Bonchev–Trinajstić information content (AvgIpc) is 3.65. The van der Waals surface area contributed by atoms with Gasteiger partial charge in [0, 0.05) is 39.1 Å². The molecule has 2 aromatic carbocycles. The van der Waals surface area contributed by atoms with Crippen molar-refractivity contribution >= 4 is 28.3 Å². The fourth-order valence-corrected chi connectivity index (χ4v) is 6.00. The number of carbonyl (C=O) groups excluding carboxylic acids is 2. The van der Waals surface area contributed by atoms with E-state index in [4.69, 9.17) is 18.9 Å². The van der Waals surface area contributed by atoms with Gasteiger partial charge in [-0.05, 0) is 41.8 Å². The van der Waals surface area contributed by atoms with Gasteiger partial charge in [0.15, 0.2) is 11.5 Å². The number of nitrogens with one attached hydrogen (secondary N) is 1. The number of hydrogen-bond donors (Lipinski definition) is 1. The number of methoxy groups -OCH3 is 2. The summed E-state index contributed by atoms with van der Waals surface area (Å²) >= 11 is 1.56. The quantitative estimate of drug-likeness (QED) is 0.446. The number of rotatable bonds is 6. The Hall–Kier alpha value is -3.74. The van der Waals surface area contributed by atoms with E-state index in [-0.39, 0.29) is 42.8 Å². The first-order valence-corrected chi connectivity index (χ1v) is 15.3. The maximum absolute atomic E-state index is 13.4. The van der Waals surface area contributed by atoms with Crippen molar-refractivity contribution in [1.82, 2.24) is 20.4 Å². The molecule has 2 aliphatic rings. The highest BCUT2D eigenvalue weighted by atomic mass is 32.1. The lowest BCUT2D eigenvalue weighted by molar-refractivity contribution is -0.137. The van der Waals surface area contributed by atoms with E-state index in [1.807, 2.05) is 42.5 Å². The second-order valence-electron chi connectivity index (χ2n) is 11.0. The summed E-state index contributed by atoms with van der Waals surface area (Å²) in [4.78, 5) is 30.3. The van der Waals surface area contributed by atoms with Gasteiger partial charge in [-0.2, -0.15) is 0 Å². The number of aryl methyl sites for hydroxylation is 1. The van der Waals surface area contributed by atoms with E-state index in [2.05, 4.69) is 34.3 Å². The van der Waals surface area contributed by atoms with Crippen LogP contribution in [0.1, 0.15) is 42.3 Å². The molecule has 5 rings (SSSR count). The van der Waals surface area contributed by atoms with E-state index in [1.165, 1.54) is 0 Å². The van der Waals surface area contributed by atoms with Crippen LogP contribution < -0.4 is 19.7 Å². The van der Waals surface area contributed by atoms with Crippen LogP contribution in [0.5, 0.6) is 17.2 Å². The summed E-state index contributed by atoms with van der Waals surface area (Å²) in [5.41, 5.74) is 1.86. The van der Waals surface area contributed by atoms with Crippen LogP contribution in [0.25, 0.3) is 0 Å². The molecule has 1 N–H and O–H groups in total. The van der Waals surface area contributed by atoms with E-state index in [1.54, 1.807) is 30.5 Å². The van der Waals surface area contributed by atoms with Crippen LogP contribution >= 0.6 is 11.3 Å². The Morgan fingerprint density at radius 2 is 1.93 bits per heavy atom. The number of amides is 2. The first-order valence-electron chi connectivity index (χ1n) is 14.5. The fourth-order valence-electron chi connectivity index (χ4n) is 5.14. The van der Waals surface area contributed by atoms with Crippen molar-refractivity contribution in [3.8, 4) is 17.2 Å². The second kappa shape index (κ2) is 14.2. The van der Waals surface area contributed by atoms with Gasteiger partial charge in [0.05, 0.1) is 39.0 Å². The van der Waals surface area contributed by atoms with Crippen LogP contribution in [0.15, 0.2) is 42.5 Å². The monoisotopic (exact) mass is 609 g/mol. The van der Waals surface area contributed by atoms with Gasteiger partial charge >= 0.3 is 0 Å². The molecule has 0 radical (unpaired) electrons. The molecule has 0 unspecified atom stereocenters. The lowest BCUT2D eigenvalue weighted by atomic mass is 10.1. The fraction of sp³-hybridized carbons (Fsp3) is 0.484. The zero-order chi connectivity index (χ0) is 30.3. The molecule has 11 nitrogen and oxygen atoms in total.